The molecule has 4 N–H and O–H groups in total. The fourth-order valence-electron chi connectivity index (χ4n) is 1.48. The second-order valence-electron chi connectivity index (χ2n) is 3.76. The minimum absolute atomic E-state index is 0.0643. The van der Waals surface area contributed by atoms with E-state index in [2.05, 4.69) is 16.6 Å². The highest BCUT2D eigenvalue weighted by molar-refractivity contribution is 4.93. The average Bonchev–Trinajstić information content (AvgIpc) is 2.35. The number of nitrogens with zero attached hydrogens (tertiary/aromatic N) is 3. The molecule has 1 aliphatic heterocycles. The van der Waals surface area contributed by atoms with Gasteiger partial charge in [-0.1, -0.05) is 11.7 Å². The van der Waals surface area contributed by atoms with E-state index >= 15 is 0 Å². The summed E-state index contributed by atoms with van der Waals surface area (Å²) in [5.74, 6) is 0. The molecule has 1 rings (SSSR count). The van der Waals surface area contributed by atoms with Gasteiger partial charge in [-0.05, 0) is 5.53 Å². The molecule has 9 heteroatoms. The van der Waals surface area contributed by atoms with Crippen LogP contribution in [-0.4, -0.2) is 64.3 Å². The predicted octanol–water partition coefficient (Wildman–Crippen LogP) is -1.37. The van der Waals surface area contributed by atoms with Gasteiger partial charge in [-0.15, -0.1) is 0 Å². The summed E-state index contributed by atoms with van der Waals surface area (Å²) in [6.07, 6.45) is -6.73. The van der Waals surface area contributed by atoms with E-state index in [0.29, 0.717) is 0 Å². The molecule has 0 spiro atoms. The normalized spacial score (nSPS) is 35.9. The first kappa shape index (κ1) is 14.9. The SMILES string of the molecule is C=C(COC1OC(CO)C(O)C(O)C1O)N=[N+]=[N-]. The quantitative estimate of drug-likeness (QED) is 0.272. The van der Waals surface area contributed by atoms with Crippen molar-refractivity contribution in [1.29, 1.82) is 0 Å². The second-order valence-corrected chi connectivity index (χ2v) is 3.76. The van der Waals surface area contributed by atoms with Gasteiger partial charge in [-0.2, -0.15) is 0 Å². The molecule has 1 aliphatic rings. The lowest BCUT2D eigenvalue weighted by atomic mass is 9.99. The van der Waals surface area contributed by atoms with Crippen molar-refractivity contribution in [2.24, 2.45) is 5.11 Å². The molecule has 0 amide bonds. The van der Waals surface area contributed by atoms with Crippen LogP contribution >= 0.6 is 0 Å². The highest BCUT2D eigenvalue weighted by Crippen LogP contribution is 2.22. The van der Waals surface area contributed by atoms with Crippen molar-refractivity contribution in [2.45, 2.75) is 30.7 Å². The molecule has 0 aromatic rings. The summed E-state index contributed by atoms with van der Waals surface area (Å²) in [4.78, 5) is 2.49. The minimum Gasteiger partial charge on any atom is -0.394 e. The van der Waals surface area contributed by atoms with Crippen molar-refractivity contribution >= 4 is 0 Å². The zero-order valence-electron chi connectivity index (χ0n) is 9.46. The third-order valence-corrected chi connectivity index (χ3v) is 2.45. The van der Waals surface area contributed by atoms with Crippen molar-refractivity contribution in [3.05, 3.63) is 22.7 Å². The largest absolute Gasteiger partial charge is 0.394 e. The Labute approximate surface area is 103 Å². The van der Waals surface area contributed by atoms with E-state index in [4.69, 9.17) is 20.1 Å². The molecule has 0 saturated carbocycles. The van der Waals surface area contributed by atoms with Gasteiger partial charge >= 0.3 is 0 Å². The third-order valence-electron chi connectivity index (χ3n) is 2.45. The number of hydrogen-bond acceptors (Lipinski definition) is 7. The molecule has 1 saturated heterocycles. The monoisotopic (exact) mass is 261 g/mol. The van der Waals surface area contributed by atoms with Crippen LogP contribution in [0.4, 0.5) is 0 Å². The Kier molecular flexibility index (Phi) is 5.51. The molecule has 0 aliphatic carbocycles. The predicted molar refractivity (Wildman–Crippen MR) is 58.0 cm³/mol. The number of azide groups is 1. The molecule has 5 unspecified atom stereocenters. The van der Waals surface area contributed by atoms with Gasteiger partial charge in [0.2, 0.25) is 0 Å². The topological polar surface area (TPSA) is 148 Å². The fourth-order valence-corrected chi connectivity index (χ4v) is 1.48. The van der Waals surface area contributed by atoms with Crippen LogP contribution in [0.2, 0.25) is 0 Å². The van der Waals surface area contributed by atoms with E-state index in [1.165, 1.54) is 0 Å². The van der Waals surface area contributed by atoms with E-state index in [9.17, 15) is 15.3 Å². The molecule has 5 atom stereocenters. The molecular weight excluding hydrogens is 246 g/mol. The van der Waals surface area contributed by atoms with Gasteiger partial charge in [0, 0.05) is 10.6 Å². The van der Waals surface area contributed by atoms with Crippen LogP contribution in [0.1, 0.15) is 0 Å². The smallest absolute Gasteiger partial charge is 0.187 e. The number of aliphatic hydroxyl groups excluding tert-OH is 4. The molecule has 9 nitrogen and oxygen atoms in total. The maximum absolute atomic E-state index is 9.59. The van der Waals surface area contributed by atoms with Crippen LogP contribution in [0, 0.1) is 0 Å². The number of aliphatic hydroxyl groups is 4. The third kappa shape index (κ3) is 3.40. The first-order chi connectivity index (χ1) is 8.51. The van der Waals surface area contributed by atoms with Crippen LogP contribution in [-0.2, 0) is 9.47 Å². The van der Waals surface area contributed by atoms with Gasteiger partial charge in [0.25, 0.3) is 0 Å². The Bertz CT molecular complexity index is 343. The van der Waals surface area contributed by atoms with Crippen molar-refractivity contribution in [2.75, 3.05) is 13.2 Å². The van der Waals surface area contributed by atoms with E-state index in [0.717, 1.165) is 0 Å². The minimum atomic E-state index is -1.51. The van der Waals surface area contributed by atoms with Gasteiger partial charge in [0.1, 0.15) is 24.4 Å². The average molecular weight is 261 g/mol. The van der Waals surface area contributed by atoms with Gasteiger partial charge in [0.05, 0.1) is 13.2 Å². The Morgan fingerprint density at radius 2 is 2.00 bits per heavy atom. The summed E-state index contributed by atoms with van der Waals surface area (Å²) in [6.45, 7) is 2.63. The summed E-state index contributed by atoms with van der Waals surface area (Å²) < 4.78 is 10.1. The first-order valence-corrected chi connectivity index (χ1v) is 5.16. The van der Waals surface area contributed by atoms with Gasteiger partial charge in [-0.3, -0.25) is 0 Å². The standard InChI is InChI=1S/C9H15N3O6/c1-4(11-12-10)3-17-9-8(16)7(15)6(14)5(2-13)18-9/h5-9,13-16H,1-3H2. The molecule has 0 aromatic carbocycles. The second kappa shape index (κ2) is 6.66. The molecule has 0 radical (unpaired) electrons. The molecule has 0 bridgehead atoms. The van der Waals surface area contributed by atoms with Crippen LogP contribution in [0.3, 0.4) is 0 Å². The number of rotatable bonds is 5. The molecule has 0 aromatic heterocycles. The zero-order valence-corrected chi connectivity index (χ0v) is 9.46. The van der Waals surface area contributed by atoms with Crippen molar-refractivity contribution in [3.8, 4) is 0 Å². The Morgan fingerprint density at radius 1 is 1.33 bits per heavy atom. The number of ether oxygens (including phenoxy) is 2. The maximum Gasteiger partial charge on any atom is 0.187 e. The fraction of sp³-hybridized carbons (Fsp3) is 0.778. The summed E-state index contributed by atoms with van der Waals surface area (Å²) in [6, 6.07) is 0. The van der Waals surface area contributed by atoms with Crippen molar-refractivity contribution in [3.63, 3.8) is 0 Å². The molecular formula is C9H15N3O6. The molecule has 102 valence electrons. The summed E-state index contributed by atoms with van der Waals surface area (Å²) in [5, 5.41) is 40.7. The summed E-state index contributed by atoms with van der Waals surface area (Å²) in [5.41, 5.74) is 8.20. The zero-order chi connectivity index (χ0) is 13.7. The molecule has 1 heterocycles. The van der Waals surface area contributed by atoms with Gasteiger partial charge in [0.15, 0.2) is 6.29 Å². The van der Waals surface area contributed by atoms with E-state index in [1.807, 2.05) is 0 Å². The Hall–Kier alpha value is -1.19. The van der Waals surface area contributed by atoms with E-state index in [1.54, 1.807) is 0 Å². The number of hydrogen-bond donors (Lipinski definition) is 4. The maximum atomic E-state index is 9.59. The van der Waals surface area contributed by atoms with Crippen LogP contribution in [0.25, 0.3) is 10.4 Å². The lowest BCUT2D eigenvalue weighted by molar-refractivity contribution is -0.299. The summed E-state index contributed by atoms with van der Waals surface area (Å²) >= 11 is 0. The first-order valence-electron chi connectivity index (χ1n) is 5.16. The van der Waals surface area contributed by atoms with Gasteiger partial charge in [-0.25, -0.2) is 0 Å². The Morgan fingerprint density at radius 3 is 2.56 bits per heavy atom. The van der Waals surface area contributed by atoms with E-state index in [-0.39, 0.29) is 12.3 Å². The Balaban J connectivity index is 2.59. The van der Waals surface area contributed by atoms with Crippen LogP contribution < -0.4 is 0 Å². The highest BCUT2D eigenvalue weighted by Gasteiger charge is 2.43. The highest BCUT2D eigenvalue weighted by atomic mass is 16.7. The molecule has 18 heavy (non-hydrogen) atoms. The lowest BCUT2D eigenvalue weighted by Crippen LogP contribution is -2.59. The van der Waals surface area contributed by atoms with E-state index < -0.39 is 37.3 Å². The molecule has 1 fully saturated rings. The lowest BCUT2D eigenvalue weighted by Gasteiger charge is -2.39. The van der Waals surface area contributed by atoms with Crippen molar-refractivity contribution < 1.29 is 29.9 Å². The van der Waals surface area contributed by atoms with Gasteiger partial charge < -0.3 is 29.9 Å². The van der Waals surface area contributed by atoms with Crippen LogP contribution in [0.15, 0.2) is 17.4 Å². The van der Waals surface area contributed by atoms with Crippen molar-refractivity contribution in [1.82, 2.24) is 0 Å². The van der Waals surface area contributed by atoms with Crippen LogP contribution in [0.5, 0.6) is 0 Å². The summed E-state index contributed by atoms with van der Waals surface area (Å²) in [7, 11) is 0.